The normalized spacial score (nSPS) is 23.6. The monoisotopic (exact) mass is 331 g/mol. The first kappa shape index (κ1) is 25.6. The molecular formula is C16H31N2O2Ti. The zero-order valence-corrected chi connectivity index (χ0v) is 15.7. The van der Waals surface area contributed by atoms with Gasteiger partial charge in [-0.05, 0) is 6.42 Å². The third-order valence-corrected chi connectivity index (χ3v) is 3.77. The van der Waals surface area contributed by atoms with Crippen LogP contribution in [0.1, 0.15) is 52.9 Å². The van der Waals surface area contributed by atoms with E-state index in [1.54, 1.807) is 0 Å². The van der Waals surface area contributed by atoms with Crippen molar-refractivity contribution in [2.45, 2.75) is 58.9 Å². The fourth-order valence-electron chi connectivity index (χ4n) is 2.99. The van der Waals surface area contributed by atoms with Gasteiger partial charge in [-0.1, -0.05) is 45.4 Å². The maximum atomic E-state index is 10.8. The molecule has 21 heavy (non-hydrogen) atoms. The van der Waals surface area contributed by atoms with Crippen LogP contribution in [-0.2, 0) is 31.3 Å². The molecule has 0 spiro atoms. The quantitative estimate of drug-likeness (QED) is 0.428. The molecule has 0 bridgehead atoms. The van der Waals surface area contributed by atoms with Crippen molar-refractivity contribution < 1.29 is 31.3 Å². The van der Waals surface area contributed by atoms with Crippen molar-refractivity contribution in [2.24, 2.45) is 11.3 Å². The van der Waals surface area contributed by atoms with Crippen LogP contribution in [0, 0.1) is 32.2 Å². The molecule has 1 fully saturated rings. The van der Waals surface area contributed by atoms with E-state index in [9.17, 15) is 9.59 Å². The van der Waals surface area contributed by atoms with Crippen LogP contribution in [0.3, 0.4) is 0 Å². The number of unbranched alkanes of at least 4 members (excludes halogenated alkanes) is 1. The molecule has 1 saturated carbocycles. The van der Waals surface area contributed by atoms with Crippen molar-refractivity contribution >= 4 is 12.8 Å². The van der Waals surface area contributed by atoms with E-state index in [-0.39, 0.29) is 53.9 Å². The second-order valence-corrected chi connectivity index (χ2v) is 5.97. The average Bonchev–Trinajstić information content (AvgIpc) is 2.28. The summed E-state index contributed by atoms with van der Waals surface area (Å²) in [5, 5.41) is 5.80. The van der Waals surface area contributed by atoms with Crippen molar-refractivity contribution in [3.8, 4) is 0 Å². The molecule has 0 aliphatic heterocycles. The van der Waals surface area contributed by atoms with Gasteiger partial charge in [-0.15, -0.1) is 5.92 Å². The fourth-order valence-corrected chi connectivity index (χ4v) is 2.99. The van der Waals surface area contributed by atoms with Gasteiger partial charge in [-0.3, -0.25) is 9.59 Å². The second-order valence-electron chi connectivity index (χ2n) is 5.97. The van der Waals surface area contributed by atoms with E-state index < -0.39 is 0 Å². The molecule has 0 saturated heterocycles. The molecule has 0 aromatic heterocycles. The minimum absolute atomic E-state index is 0. The Morgan fingerprint density at radius 1 is 1.24 bits per heavy atom. The predicted molar refractivity (Wildman–Crippen MR) is 84.3 cm³/mol. The van der Waals surface area contributed by atoms with Crippen LogP contribution in [0.4, 0.5) is 0 Å². The Labute approximate surface area is 146 Å². The molecule has 1 rings (SSSR count). The van der Waals surface area contributed by atoms with Gasteiger partial charge in [0.25, 0.3) is 0 Å². The van der Waals surface area contributed by atoms with Gasteiger partial charge in [-0.25, -0.2) is 6.04 Å². The van der Waals surface area contributed by atoms with Crippen LogP contribution >= 0.6 is 0 Å². The molecule has 2 atom stereocenters. The Morgan fingerprint density at radius 2 is 1.86 bits per heavy atom. The van der Waals surface area contributed by atoms with Crippen molar-refractivity contribution in [2.75, 3.05) is 0 Å². The average molecular weight is 331 g/mol. The van der Waals surface area contributed by atoms with E-state index in [4.69, 9.17) is 0 Å². The SMILES string of the molecule is CCCCC1[C-](NC=O)CC(C)(C)CC1NC=O.[CH3-].[CH3-].[Ti+3]. The molecule has 2 unspecified atom stereocenters. The van der Waals surface area contributed by atoms with Gasteiger partial charge in [0.15, 0.2) is 6.41 Å². The Balaban J connectivity index is -0.00000108. The van der Waals surface area contributed by atoms with E-state index in [1.165, 1.54) is 0 Å². The predicted octanol–water partition coefficient (Wildman–Crippen LogP) is 2.90. The minimum Gasteiger partial charge on any atom is -0.505 e. The van der Waals surface area contributed by atoms with Crippen molar-refractivity contribution in [1.29, 1.82) is 0 Å². The van der Waals surface area contributed by atoms with Crippen LogP contribution in [0.25, 0.3) is 0 Å². The van der Waals surface area contributed by atoms with Gasteiger partial charge < -0.3 is 25.5 Å². The summed E-state index contributed by atoms with van der Waals surface area (Å²) in [4.78, 5) is 21.5. The summed E-state index contributed by atoms with van der Waals surface area (Å²) in [7, 11) is 0. The first-order chi connectivity index (χ1) is 8.54. The summed E-state index contributed by atoms with van der Waals surface area (Å²) < 4.78 is 0. The third-order valence-electron chi connectivity index (χ3n) is 3.77. The maximum Gasteiger partial charge on any atom is 3.00 e. The molecule has 5 heteroatoms. The van der Waals surface area contributed by atoms with Gasteiger partial charge in [0.05, 0.1) is 0 Å². The van der Waals surface area contributed by atoms with Gasteiger partial charge in [0.2, 0.25) is 6.41 Å². The summed E-state index contributed by atoms with van der Waals surface area (Å²) in [6.45, 7) is 6.51. The summed E-state index contributed by atoms with van der Waals surface area (Å²) in [6, 6.07) is 1.22. The van der Waals surface area contributed by atoms with Crippen molar-refractivity contribution in [3.63, 3.8) is 0 Å². The number of carbonyl (C=O) groups is 2. The maximum absolute atomic E-state index is 10.8. The minimum atomic E-state index is 0. The van der Waals surface area contributed by atoms with E-state index in [1.807, 2.05) is 0 Å². The van der Waals surface area contributed by atoms with E-state index >= 15 is 0 Å². The van der Waals surface area contributed by atoms with Crippen molar-refractivity contribution in [1.82, 2.24) is 10.6 Å². The van der Waals surface area contributed by atoms with Gasteiger partial charge in [-0.2, -0.15) is 6.42 Å². The van der Waals surface area contributed by atoms with Gasteiger partial charge in [0.1, 0.15) is 0 Å². The number of hydrogen-bond acceptors (Lipinski definition) is 2. The van der Waals surface area contributed by atoms with E-state index in [2.05, 4.69) is 31.4 Å². The third kappa shape index (κ3) is 8.01. The Morgan fingerprint density at radius 3 is 2.33 bits per heavy atom. The fraction of sp³-hybridized carbons (Fsp3) is 0.688. The van der Waals surface area contributed by atoms with Crippen LogP contribution in [-0.4, -0.2) is 18.9 Å². The molecule has 1 aliphatic carbocycles. The van der Waals surface area contributed by atoms with Gasteiger partial charge >= 0.3 is 21.7 Å². The second kappa shape index (κ2) is 12.2. The zero-order valence-electron chi connectivity index (χ0n) is 14.2. The molecular weight excluding hydrogens is 300 g/mol. The number of nitrogens with one attached hydrogen (secondary N) is 2. The van der Waals surface area contributed by atoms with Gasteiger partial charge in [0, 0.05) is 6.04 Å². The number of hydrogen-bond donors (Lipinski definition) is 2. The smallest absolute Gasteiger partial charge is 0.505 e. The number of carbonyl (C=O) groups excluding carboxylic acids is 2. The standard InChI is InChI=1S/C14H25N2O2.2CH3.Ti/c1-4-5-6-11-12(15-9-17)7-14(2,3)8-13(11)16-10-18;;;/h9-12H,4-8H2,1-3H3,(H,15,17)(H,16,18);2*1H3;/q3*-1;+3. The summed E-state index contributed by atoms with van der Waals surface area (Å²) in [6.07, 6.45) is 6.67. The zero-order chi connectivity index (χ0) is 13.6. The molecule has 4 nitrogen and oxygen atoms in total. The number of rotatable bonds is 7. The Bertz CT molecular complexity index is 263. The molecule has 1 aliphatic rings. The Hall–Kier alpha value is -0.346. The van der Waals surface area contributed by atoms with Crippen LogP contribution in [0.2, 0.25) is 0 Å². The molecule has 0 heterocycles. The largest absolute Gasteiger partial charge is 3.00 e. The van der Waals surface area contributed by atoms with Crippen molar-refractivity contribution in [3.05, 3.63) is 20.9 Å². The molecule has 1 radical (unpaired) electrons. The number of amides is 2. The molecule has 0 aromatic rings. The molecule has 2 amide bonds. The van der Waals surface area contributed by atoms with E-state index in [0.29, 0.717) is 0 Å². The summed E-state index contributed by atoms with van der Waals surface area (Å²) in [5.41, 5.74) is 0.120. The topological polar surface area (TPSA) is 58.2 Å². The first-order valence-electron chi connectivity index (χ1n) is 6.79. The Kier molecular flexibility index (Phi) is 14.9. The van der Waals surface area contributed by atoms with Crippen LogP contribution in [0.5, 0.6) is 0 Å². The molecule has 121 valence electrons. The summed E-state index contributed by atoms with van der Waals surface area (Å²) in [5.74, 6) is 0.272. The van der Waals surface area contributed by atoms with Crippen LogP contribution in [0.15, 0.2) is 0 Å². The first-order valence-corrected chi connectivity index (χ1v) is 6.79. The molecule has 0 aromatic carbocycles. The van der Waals surface area contributed by atoms with Crippen LogP contribution < -0.4 is 10.6 Å². The van der Waals surface area contributed by atoms with E-state index in [0.717, 1.165) is 51.0 Å². The molecule has 2 N–H and O–H groups in total. The summed E-state index contributed by atoms with van der Waals surface area (Å²) >= 11 is 0.